The zero-order valence-electron chi connectivity index (χ0n) is 17.0. The van der Waals surface area contributed by atoms with Gasteiger partial charge in [-0.25, -0.2) is 0 Å². The summed E-state index contributed by atoms with van der Waals surface area (Å²) in [6.07, 6.45) is 2.22. The van der Waals surface area contributed by atoms with Crippen molar-refractivity contribution in [2.75, 3.05) is 13.1 Å². The van der Waals surface area contributed by atoms with E-state index in [1.807, 2.05) is 37.3 Å². The van der Waals surface area contributed by atoms with Crippen molar-refractivity contribution in [2.24, 2.45) is 0 Å². The lowest BCUT2D eigenvalue weighted by Gasteiger charge is -2.35. The normalized spacial score (nSPS) is 20.8. The Morgan fingerprint density at radius 1 is 1.04 bits per heavy atom. The Morgan fingerprint density at radius 2 is 1.64 bits per heavy atom. The van der Waals surface area contributed by atoms with Gasteiger partial charge in [0.15, 0.2) is 0 Å². The Hall–Kier alpha value is -2.43. The number of carbonyl (C=O) groups excluding carboxylic acids is 1. The average Bonchev–Trinajstić information content (AvgIpc) is 2.67. The van der Waals surface area contributed by atoms with Gasteiger partial charge in [0.2, 0.25) is 5.91 Å². The summed E-state index contributed by atoms with van der Waals surface area (Å²) in [7, 11) is 0. The summed E-state index contributed by atoms with van der Waals surface area (Å²) in [5.41, 5.74) is 4.42. The molecule has 1 aliphatic heterocycles. The van der Waals surface area contributed by atoms with Gasteiger partial charge in [0.1, 0.15) is 0 Å². The van der Waals surface area contributed by atoms with E-state index in [1.165, 1.54) is 5.56 Å². The summed E-state index contributed by atoms with van der Waals surface area (Å²) in [4.78, 5) is 14.6. The van der Waals surface area contributed by atoms with E-state index in [9.17, 15) is 4.79 Å². The van der Waals surface area contributed by atoms with Gasteiger partial charge in [0.25, 0.3) is 0 Å². The number of hydrogen-bond acceptors (Lipinski definition) is 3. The number of rotatable bonds is 6. The Balaban J connectivity index is 1.49. The zero-order chi connectivity index (χ0) is 19.9. The molecule has 0 aliphatic carbocycles. The number of ether oxygens (including phenoxy) is 1. The highest BCUT2D eigenvalue weighted by atomic mass is 16.5. The topological polar surface area (TPSA) is 41.6 Å². The van der Waals surface area contributed by atoms with Gasteiger partial charge in [0.05, 0.1) is 12.2 Å². The molecule has 148 valence electrons. The van der Waals surface area contributed by atoms with E-state index in [2.05, 4.69) is 48.3 Å². The van der Waals surface area contributed by atoms with Gasteiger partial charge in [-0.1, -0.05) is 54.6 Å². The SMILES string of the molecule is CC(=CC(=O)NCc1ccc(CN2CC(C)OC(C)C2)cc1)c1ccccc1. The van der Waals surface area contributed by atoms with E-state index < -0.39 is 0 Å². The quantitative estimate of drug-likeness (QED) is 0.772. The molecule has 0 bridgehead atoms. The molecule has 2 aromatic carbocycles. The monoisotopic (exact) mass is 378 g/mol. The number of nitrogens with one attached hydrogen (secondary N) is 1. The molecule has 1 aliphatic rings. The maximum Gasteiger partial charge on any atom is 0.244 e. The maximum absolute atomic E-state index is 12.2. The molecule has 2 aromatic rings. The van der Waals surface area contributed by atoms with Gasteiger partial charge in [-0.2, -0.15) is 0 Å². The Bertz CT molecular complexity index is 789. The lowest BCUT2D eigenvalue weighted by Crippen LogP contribution is -2.44. The van der Waals surface area contributed by atoms with Crippen LogP contribution in [0.4, 0.5) is 0 Å². The van der Waals surface area contributed by atoms with E-state index in [0.29, 0.717) is 6.54 Å². The molecular weight excluding hydrogens is 348 g/mol. The van der Waals surface area contributed by atoms with Crippen LogP contribution >= 0.6 is 0 Å². The highest BCUT2D eigenvalue weighted by molar-refractivity contribution is 5.94. The van der Waals surface area contributed by atoms with Crippen LogP contribution in [0.3, 0.4) is 0 Å². The molecule has 28 heavy (non-hydrogen) atoms. The minimum atomic E-state index is -0.0679. The van der Waals surface area contributed by atoms with Gasteiger partial charge in [0, 0.05) is 32.3 Å². The van der Waals surface area contributed by atoms with Crippen molar-refractivity contribution in [3.8, 4) is 0 Å². The van der Waals surface area contributed by atoms with Crippen molar-refractivity contribution >= 4 is 11.5 Å². The molecule has 0 saturated carbocycles. The molecule has 1 fully saturated rings. The summed E-state index contributed by atoms with van der Waals surface area (Å²) >= 11 is 0. The fourth-order valence-corrected chi connectivity index (χ4v) is 3.66. The van der Waals surface area contributed by atoms with Gasteiger partial charge in [-0.15, -0.1) is 0 Å². The summed E-state index contributed by atoms with van der Waals surface area (Å²) in [6, 6.07) is 18.4. The van der Waals surface area contributed by atoms with Crippen LogP contribution < -0.4 is 5.32 Å². The first kappa shape index (κ1) is 20.3. The molecule has 4 nitrogen and oxygen atoms in total. The van der Waals surface area contributed by atoms with Gasteiger partial charge < -0.3 is 10.1 Å². The van der Waals surface area contributed by atoms with E-state index in [1.54, 1.807) is 6.08 Å². The van der Waals surface area contributed by atoms with Gasteiger partial charge in [-0.3, -0.25) is 9.69 Å². The van der Waals surface area contributed by atoms with Crippen LogP contribution in [0.5, 0.6) is 0 Å². The van der Waals surface area contributed by atoms with Crippen LogP contribution in [-0.4, -0.2) is 36.1 Å². The predicted molar refractivity (Wildman–Crippen MR) is 114 cm³/mol. The predicted octanol–water partition coefficient (Wildman–Crippen LogP) is 4.02. The third kappa shape index (κ3) is 6.04. The van der Waals surface area contributed by atoms with Crippen molar-refractivity contribution < 1.29 is 9.53 Å². The Labute approximate surface area is 168 Å². The molecule has 1 N–H and O–H groups in total. The first-order chi connectivity index (χ1) is 13.5. The van der Waals surface area contributed by atoms with Gasteiger partial charge >= 0.3 is 0 Å². The molecule has 1 saturated heterocycles. The van der Waals surface area contributed by atoms with E-state index in [-0.39, 0.29) is 18.1 Å². The first-order valence-electron chi connectivity index (χ1n) is 9.97. The van der Waals surface area contributed by atoms with Crippen LogP contribution in [0.15, 0.2) is 60.7 Å². The summed E-state index contributed by atoms with van der Waals surface area (Å²) in [5.74, 6) is -0.0679. The Morgan fingerprint density at radius 3 is 2.29 bits per heavy atom. The molecule has 0 aromatic heterocycles. The molecule has 2 unspecified atom stereocenters. The van der Waals surface area contributed by atoms with Crippen molar-refractivity contribution in [1.82, 2.24) is 10.2 Å². The average molecular weight is 379 g/mol. The molecular formula is C24H30N2O2. The Kier molecular flexibility index (Phi) is 7.01. The lowest BCUT2D eigenvalue weighted by molar-refractivity contribution is -0.116. The number of nitrogens with zero attached hydrogens (tertiary/aromatic N) is 1. The second-order valence-electron chi connectivity index (χ2n) is 7.68. The van der Waals surface area contributed by atoms with Crippen molar-refractivity contribution in [2.45, 2.75) is 46.1 Å². The summed E-state index contributed by atoms with van der Waals surface area (Å²) in [5, 5.41) is 2.97. The molecule has 3 rings (SSSR count). The number of carbonyl (C=O) groups is 1. The minimum absolute atomic E-state index is 0.0679. The van der Waals surface area contributed by atoms with Crippen LogP contribution in [-0.2, 0) is 22.6 Å². The van der Waals surface area contributed by atoms with Gasteiger partial charge in [-0.05, 0) is 43.0 Å². The number of amides is 1. The number of morpholine rings is 1. The van der Waals surface area contributed by atoms with Crippen molar-refractivity contribution in [3.63, 3.8) is 0 Å². The number of hydrogen-bond donors (Lipinski definition) is 1. The third-order valence-electron chi connectivity index (χ3n) is 4.97. The van der Waals surface area contributed by atoms with Crippen LogP contribution in [0.2, 0.25) is 0 Å². The summed E-state index contributed by atoms with van der Waals surface area (Å²) < 4.78 is 5.80. The highest BCUT2D eigenvalue weighted by Crippen LogP contribution is 2.15. The fraction of sp³-hybridized carbons (Fsp3) is 0.375. The van der Waals surface area contributed by atoms with Crippen molar-refractivity contribution in [1.29, 1.82) is 0 Å². The lowest BCUT2D eigenvalue weighted by atomic mass is 10.1. The van der Waals surface area contributed by atoms with Crippen LogP contribution in [0.1, 0.15) is 37.5 Å². The second-order valence-corrected chi connectivity index (χ2v) is 7.68. The van der Waals surface area contributed by atoms with E-state index in [4.69, 9.17) is 4.74 Å². The number of benzene rings is 2. The minimum Gasteiger partial charge on any atom is -0.373 e. The molecule has 1 heterocycles. The standard InChI is InChI=1S/C24H30N2O2/c1-18(23-7-5-4-6-8-23)13-24(27)25-14-21-9-11-22(12-10-21)17-26-15-19(2)28-20(3)16-26/h4-13,19-20H,14-17H2,1-3H3,(H,25,27). The third-order valence-corrected chi connectivity index (χ3v) is 4.97. The fourth-order valence-electron chi connectivity index (χ4n) is 3.66. The van der Waals surface area contributed by atoms with Crippen LogP contribution in [0.25, 0.3) is 5.57 Å². The zero-order valence-corrected chi connectivity index (χ0v) is 17.0. The van der Waals surface area contributed by atoms with Crippen LogP contribution in [0, 0.1) is 0 Å². The second kappa shape index (κ2) is 9.67. The smallest absolute Gasteiger partial charge is 0.244 e. The number of allylic oxidation sites excluding steroid dienone is 1. The molecule has 0 radical (unpaired) electrons. The van der Waals surface area contributed by atoms with E-state index >= 15 is 0 Å². The van der Waals surface area contributed by atoms with Crippen molar-refractivity contribution in [3.05, 3.63) is 77.4 Å². The summed E-state index contributed by atoms with van der Waals surface area (Å²) in [6.45, 7) is 9.61. The molecule has 0 spiro atoms. The molecule has 2 atom stereocenters. The molecule has 4 heteroatoms. The maximum atomic E-state index is 12.2. The van der Waals surface area contributed by atoms with E-state index in [0.717, 1.165) is 36.3 Å². The largest absolute Gasteiger partial charge is 0.373 e. The highest BCUT2D eigenvalue weighted by Gasteiger charge is 2.21. The first-order valence-corrected chi connectivity index (χ1v) is 9.97. The molecule has 1 amide bonds.